The summed E-state index contributed by atoms with van der Waals surface area (Å²) in [7, 11) is 1.61. The van der Waals surface area contributed by atoms with Crippen molar-refractivity contribution in [1.29, 1.82) is 0 Å². The predicted molar refractivity (Wildman–Crippen MR) is 149 cm³/mol. The van der Waals surface area contributed by atoms with Gasteiger partial charge in [-0.3, -0.25) is 9.59 Å². The van der Waals surface area contributed by atoms with E-state index in [1.54, 1.807) is 24.3 Å². The molecule has 0 unspecified atom stereocenters. The number of amides is 2. The standard InChI is InChI=1S/C29H32ClN5O4/c1-29(2,20-5-4-6-22(14-20)38-3)34-25(36)17-35-16-19-8-7-18(13-23(19)27(35)37)26-24(30)15-31-28(33-26)32-21-9-11-39-12-10-21/h4-8,13-15,21H,9-12,16-17H2,1-3H3,(H,34,36)(H,31,32,33). The Hall–Kier alpha value is -3.69. The van der Waals surface area contributed by atoms with Crippen molar-refractivity contribution in [3.8, 4) is 17.0 Å². The molecule has 2 aliphatic rings. The Morgan fingerprint density at radius 1 is 1.21 bits per heavy atom. The number of hydrogen-bond acceptors (Lipinski definition) is 7. The van der Waals surface area contributed by atoms with Crippen LogP contribution < -0.4 is 15.4 Å². The molecule has 1 fully saturated rings. The van der Waals surface area contributed by atoms with E-state index in [0.29, 0.717) is 47.7 Å². The van der Waals surface area contributed by atoms with Crippen LogP contribution in [0.1, 0.15) is 48.2 Å². The number of carbonyl (C=O) groups excluding carboxylic acids is 2. The Labute approximate surface area is 232 Å². The molecule has 0 saturated carbocycles. The fourth-order valence-electron chi connectivity index (χ4n) is 4.95. The summed E-state index contributed by atoms with van der Waals surface area (Å²) < 4.78 is 10.7. The number of hydrogen-bond donors (Lipinski definition) is 2. The van der Waals surface area contributed by atoms with Crippen LogP contribution in [0, 0.1) is 0 Å². The molecule has 9 nitrogen and oxygen atoms in total. The second-order valence-electron chi connectivity index (χ2n) is 10.4. The maximum Gasteiger partial charge on any atom is 0.254 e. The molecular formula is C29H32ClN5O4. The van der Waals surface area contributed by atoms with Crippen molar-refractivity contribution in [3.05, 3.63) is 70.4 Å². The van der Waals surface area contributed by atoms with E-state index in [0.717, 1.165) is 29.5 Å². The summed E-state index contributed by atoms with van der Waals surface area (Å²) in [4.78, 5) is 36.8. The molecule has 0 aliphatic carbocycles. The van der Waals surface area contributed by atoms with Crippen molar-refractivity contribution in [1.82, 2.24) is 20.2 Å². The maximum absolute atomic E-state index is 13.3. The summed E-state index contributed by atoms with van der Waals surface area (Å²) in [6.07, 6.45) is 3.34. The van der Waals surface area contributed by atoms with E-state index in [9.17, 15) is 9.59 Å². The topological polar surface area (TPSA) is 106 Å². The number of anilines is 1. The monoisotopic (exact) mass is 549 g/mol. The van der Waals surface area contributed by atoms with Crippen LogP contribution in [0.4, 0.5) is 5.95 Å². The Balaban J connectivity index is 1.28. The van der Waals surface area contributed by atoms with Crippen molar-refractivity contribution in [2.24, 2.45) is 0 Å². The predicted octanol–water partition coefficient (Wildman–Crippen LogP) is 4.40. The van der Waals surface area contributed by atoms with E-state index in [1.807, 2.05) is 50.2 Å². The number of nitrogens with zero attached hydrogens (tertiary/aromatic N) is 3. The van der Waals surface area contributed by atoms with Crippen LogP contribution in [-0.2, 0) is 21.6 Å². The minimum atomic E-state index is -0.644. The molecule has 0 spiro atoms. The fourth-order valence-corrected chi connectivity index (χ4v) is 5.15. The zero-order valence-electron chi connectivity index (χ0n) is 22.3. The molecule has 10 heteroatoms. The molecule has 39 heavy (non-hydrogen) atoms. The highest BCUT2D eigenvalue weighted by Gasteiger charge is 2.31. The first-order valence-electron chi connectivity index (χ1n) is 13.0. The number of benzene rings is 2. The quantitative estimate of drug-likeness (QED) is 0.429. The molecular weight excluding hydrogens is 518 g/mol. The SMILES string of the molecule is COc1cccc(C(C)(C)NC(=O)CN2Cc3ccc(-c4nc(NC5CCOCC5)ncc4Cl)cc3C2=O)c1. The summed E-state index contributed by atoms with van der Waals surface area (Å²) in [6.45, 7) is 5.56. The van der Waals surface area contributed by atoms with Gasteiger partial charge in [0.1, 0.15) is 12.3 Å². The number of fused-ring (bicyclic) bond motifs is 1. The van der Waals surface area contributed by atoms with Crippen LogP contribution in [0.25, 0.3) is 11.3 Å². The minimum Gasteiger partial charge on any atom is -0.497 e. The molecule has 0 radical (unpaired) electrons. The lowest BCUT2D eigenvalue weighted by molar-refractivity contribution is -0.123. The lowest BCUT2D eigenvalue weighted by Gasteiger charge is -2.28. The highest BCUT2D eigenvalue weighted by Crippen LogP contribution is 2.32. The zero-order valence-corrected chi connectivity index (χ0v) is 23.0. The number of ether oxygens (including phenoxy) is 2. The minimum absolute atomic E-state index is 0.0519. The summed E-state index contributed by atoms with van der Waals surface area (Å²) >= 11 is 6.46. The van der Waals surface area contributed by atoms with Gasteiger partial charge in [-0.1, -0.05) is 35.9 Å². The summed E-state index contributed by atoms with van der Waals surface area (Å²) in [5.41, 5.74) is 2.93. The summed E-state index contributed by atoms with van der Waals surface area (Å²) in [5.74, 6) is 0.759. The molecule has 2 N–H and O–H groups in total. The average molecular weight is 550 g/mol. The summed E-state index contributed by atoms with van der Waals surface area (Å²) in [5, 5.41) is 6.80. The van der Waals surface area contributed by atoms with E-state index in [-0.39, 0.29) is 24.4 Å². The Morgan fingerprint density at radius 2 is 2.00 bits per heavy atom. The van der Waals surface area contributed by atoms with E-state index in [2.05, 4.69) is 20.6 Å². The van der Waals surface area contributed by atoms with Crippen LogP contribution in [-0.4, -0.2) is 59.6 Å². The van der Waals surface area contributed by atoms with E-state index >= 15 is 0 Å². The third-order valence-electron chi connectivity index (χ3n) is 7.14. The molecule has 3 heterocycles. The molecule has 5 rings (SSSR count). The number of halogens is 1. The van der Waals surface area contributed by atoms with Crippen LogP contribution >= 0.6 is 11.6 Å². The van der Waals surface area contributed by atoms with Gasteiger partial charge >= 0.3 is 0 Å². The van der Waals surface area contributed by atoms with Gasteiger partial charge in [0.05, 0.1) is 29.6 Å². The van der Waals surface area contributed by atoms with Crippen LogP contribution in [0.5, 0.6) is 5.75 Å². The van der Waals surface area contributed by atoms with Crippen LogP contribution in [0.2, 0.25) is 5.02 Å². The van der Waals surface area contributed by atoms with Gasteiger partial charge in [0, 0.05) is 36.9 Å². The van der Waals surface area contributed by atoms with Gasteiger partial charge in [0.2, 0.25) is 11.9 Å². The van der Waals surface area contributed by atoms with Crippen molar-refractivity contribution in [2.75, 3.05) is 32.2 Å². The summed E-state index contributed by atoms with van der Waals surface area (Å²) in [6, 6.07) is 13.4. The Kier molecular flexibility index (Phi) is 7.72. The number of nitrogens with one attached hydrogen (secondary N) is 2. The van der Waals surface area contributed by atoms with Gasteiger partial charge in [-0.25, -0.2) is 9.97 Å². The molecule has 204 valence electrons. The first kappa shape index (κ1) is 26.9. The van der Waals surface area contributed by atoms with Gasteiger partial charge in [0.15, 0.2) is 0 Å². The average Bonchev–Trinajstić information content (AvgIpc) is 3.24. The molecule has 0 atom stereocenters. The zero-order chi connectivity index (χ0) is 27.6. The normalized spacial score (nSPS) is 15.7. The highest BCUT2D eigenvalue weighted by molar-refractivity contribution is 6.33. The fraction of sp³-hybridized carbons (Fsp3) is 0.379. The molecule has 3 aromatic rings. The van der Waals surface area contributed by atoms with Crippen molar-refractivity contribution >= 4 is 29.4 Å². The second kappa shape index (κ2) is 11.2. The van der Waals surface area contributed by atoms with Gasteiger partial charge in [-0.05, 0) is 56.0 Å². The number of rotatable bonds is 8. The Bertz CT molecular complexity index is 1390. The van der Waals surface area contributed by atoms with E-state index in [4.69, 9.17) is 21.1 Å². The maximum atomic E-state index is 13.3. The van der Waals surface area contributed by atoms with Crippen molar-refractivity contribution in [3.63, 3.8) is 0 Å². The van der Waals surface area contributed by atoms with Crippen molar-refractivity contribution < 1.29 is 19.1 Å². The third kappa shape index (κ3) is 5.99. The molecule has 0 bridgehead atoms. The number of aromatic nitrogens is 2. The smallest absolute Gasteiger partial charge is 0.254 e. The molecule has 2 amide bonds. The van der Waals surface area contributed by atoms with Gasteiger partial charge in [-0.2, -0.15) is 0 Å². The molecule has 1 aromatic heterocycles. The van der Waals surface area contributed by atoms with Gasteiger partial charge in [0.25, 0.3) is 5.91 Å². The Morgan fingerprint density at radius 3 is 2.77 bits per heavy atom. The number of carbonyl (C=O) groups is 2. The highest BCUT2D eigenvalue weighted by atomic mass is 35.5. The first-order valence-corrected chi connectivity index (χ1v) is 13.4. The number of methoxy groups -OCH3 is 1. The third-order valence-corrected chi connectivity index (χ3v) is 7.42. The van der Waals surface area contributed by atoms with Crippen molar-refractivity contribution in [2.45, 2.75) is 44.8 Å². The lowest BCUT2D eigenvalue weighted by atomic mass is 9.94. The molecule has 1 saturated heterocycles. The molecule has 2 aliphatic heterocycles. The van der Waals surface area contributed by atoms with Gasteiger partial charge < -0.3 is 25.0 Å². The van der Waals surface area contributed by atoms with Gasteiger partial charge in [-0.15, -0.1) is 0 Å². The largest absolute Gasteiger partial charge is 0.497 e. The van der Waals surface area contributed by atoms with E-state index < -0.39 is 5.54 Å². The van der Waals surface area contributed by atoms with E-state index in [1.165, 1.54) is 0 Å². The second-order valence-corrected chi connectivity index (χ2v) is 10.8. The first-order chi connectivity index (χ1) is 18.7. The lowest BCUT2D eigenvalue weighted by Crippen LogP contribution is -2.46. The molecule has 2 aromatic carbocycles. The van der Waals surface area contributed by atoms with Crippen LogP contribution in [0.3, 0.4) is 0 Å². The van der Waals surface area contributed by atoms with Crippen LogP contribution in [0.15, 0.2) is 48.7 Å².